The summed E-state index contributed by atoms with van der Waals surface area (Å²) in [5.41, 5.74) is -1.29. The van der Waals surface area contributed by atoms with E-state index in [9.17, 15) is 30.0 Å². The van der Waals surface area contributed by atoms with Crippen LogP contribution in [0.5, 0.6) is 23.4 Å². The molecule has 102 valence electrons. The Morgan fingerprint density at radius 2 is 1.45 bits per heavy atom. The molecule has 7 nitrogen and oxygen atoms in total. The van der Waals surface area contributed by atoms with Crippen LogP contribution in [-0.4, -0.2) is 20.4 Å². The van der Waals surface area contributed by atoms with E-state index in [-0.39, 0.29) is 21.7 Å². The number of hydrogen-bond acceptors (Lipinski definition) is 7. The molecule has 3 aromatic rings. The van der Waals surface area contributed by atoms with Crippen molar-refractivity contribution in [3.05, 3.63) is 32.1 Å². The second-order valence-corrected chi connectivity index (χ2v) is 4.43. The third-order valence-corrected chi connectivity index (χ3v) is 3.26. The summed E-state index contributed by atoms with van der Waals surface area (Å²) < 4.78 is 4.57. The molecule has 0 aliphatic rings. The largest absolute Gasteiger partial charge is 0.504 e. The van der Waals surface area contributed by atoms with Gasteiger partial charge in [-0.2, -0.15) is 0 Å². The number of phenolic OH excluding ortho intramolecular Hbond substituents is 2. The van der Waals surface area contributed by atoms with Crippen molar-refractivity contribution in [2.24, 2.45) is 0 Å². The fraction of sp³-hybridized carbons (Fsp3) is 0.0769. The highest BCUT2D eigenvalue weighted by atomic mass is 16.5. The number of benzene rings is 2. The Bertz CT molecular complexity index is 984. The van der Waals surface area contributed by atoms with Gasteiger partial charge in [0.25, 0.3) is 11.9 Å². The van der Waals surface area contributed by atoms with Gasteiger partial charge in [0, 0.05) is 10.8 Å². The average Bonchev–Trinajstić information content (AvgIpc) is 2.34. The van der Waals surface area contributed by atoms with E-state index in [1.807, 2.05) is 0 Å². The Morgan fingerprint density at radius 1 is 0.850 bits per heavy atom. The molecule has 20 heavy (non-hydrogen) atoms. The molecule has 1 aromatic heterocycles. The Kier molecular flexibility index (Phi) is 2.14. The molecular weight excluding hydrogens is 268 g/mol. The van der Waals surface area contributed by atoms with Gasteiger partial charge in [-0.05, 0) is 18.6 Å². The van der Waals surface area contributed by atoms with Crippen molar-refractivity contribution in [3.63, 3.8) is 0 Å². The van der Waals surface area contributed by atoms with Gasteiger partial charge in [-0.3, -0.25) is 9.59 Å². The van der Waals surface area contributed by atoms with Crippen molar-refractivity contribution in [3.8, 4) is 23.4 Å². The standard InChI is InChI=1S/C13H8O7/c1-3-2-4(14)6-7-5(3)9(15)11(17)10(16)8(7)13(19)20-12(6)18/h2,16-19H,1H3. The first-order valence-electron chi connectivity index (χ1n) is 5.54. The number of aromatic hydroxyl groups is 4. The van der Waals surface area contributed by atoms with Gasteiger partial charge >= 0.3 is 0 Å². The van der Waals surface area contributed by atoms with Crippen LogP contribution in [0.25, 0.3) is 21.5 Å². The van der Waals surface area contributed by atoms with Crippen LogP contribution >= 0.6 is 0 Å². The molecule has 0 bridgehead atoms. The van der Waals surface area contributed by atoms with Crippen LogP contribution in [0, 0.1) is 6.92 Å². The summed E-state index contributed by atoms with van der Waals surface area (Å²) in [6, 6.07) is 1.10. The normalized spacial score (nSPS) is 11.4. The number of phenols is 2. The second kappa shape index (κ2) is 3.53. The Hall–Kier alpha value is -2.96. The lowest BCUT2D eigenvalue weighted by molar-refractivity contribution is 0.261. The minimum atomic E-state index is -0.961. The predicted molar refractivity (Wildman–Crippen MR) is 68.8 cm³/mol. The monoisotopic (exact) mass is 276 g/mol. The molecule has 1 heterocycles. The molecule has 0 spiro atoms. The van der Waals surface area contributed by atoms with Crippen LogP contribution in [0.4, 0.5) is 0 Å². The average molecular weight is 276 g/mol. The SMILES string of the molecule is Cc1cc(=O)c2c(O)oc(O)c3c(O)c(O)c(=O)c1c32. The van der Waals surface area contributed by atoms with E-state index in [1.165, 1.54) is 6.92 Å². The van der Waals surface area contributed by atoms with Crippen LogP contribution in [-0.2, 0) is 0 Å². The minimum absolute atomic E-state index is 0.0775. The number of rotatable bonds is 0. The molecule has 0 unspecified atom stereocenters. The van der Waals surface area contributed by atoms with Crippen molar-refractivity contribution in [2.75, 3.05) is 0 Å². The first-order chi connectivity index (χ1) is 9.34. The lowest BCUT2D eigenvalue weighted by atomic mass is 9.97. The first-order valence-corrected chi connectivity index (χ1v) is 5.54. The summed E-state index contributed by atoms with van der Waals surface area (Å²) in [7, 11) is 0. The summed E-state index contributed by atoms with van der Waals surface area (Å²) >= 11 is 0. The molecule has 7 heteroatoms. The van der Waals surface area contributed by atoms with Gasteiger partial charge in [-0.25, -0.2) is 0 Å². The zero-order valence-corrected chi connectivity index (χ0v) is 10.1. The molecule has 0 aliphatic carbocycles. The molecular formula is C13H8O7. The van der Waals surface area contributed by atoms with E-state index in [2.05, 4.69) is 4.42 Å². The van der Waals surface area contributed by atoms with Crippen LogP contribution in [0.2, 0.25) is 0 Å². The van der Waals surface area contributed by atoms with Crippen LogP contribution in [0.1, 0.15) is 5.56 Å². The Balaban J connectivity index is 2.92. The zero-order chi connectivity index (χ0) is 14.8. The van der Waals surface area contributed by atoms with Gasteiger partial charge < -0.3 is 24.8 Å². The molecule has 4 N–H and O–H groups in total. The fourth-order valence-electron chi connectivity index (χ4n) is 2.41. The second-order valence-electron chi connectivity index (χ2n) is 4.43. The molecule has 0 saturated heterocycles. The molecule has 0 aliphatic heterocycles. The van der Waals surface area contributed by atoms with E-state index in [0.29, 0.717) is 0 Å². The first kappa shape index (κ1) is 12.1. The number of aryl methyl sites for hydroxylation is 1. The maximum Gasteiger partial charge on any atom is 0.296 e. The lowest BCUT2D eigenvalue weighted by Gasteiger charge is -2.11. The van der Waals surface area contributed by atoms with Gasteiger partial charge in [0.05, 0.1) is 0 Å². The van der Waals surface area contributed by atoms with Gasteiger partial charge in [0.15, 0.2) is 11.2 Å². The number of hydrogen-bond donors (Lipinski definition) is 4. The summed E-state index contributed by atoms with van der Waals surface area (Å²) in [4.78, 5) is 23.9. The summed E-state index contributed by atoms with van der Waals surface area (Å²) in [5.74, 6) is -3.64. The molecule has 0 saturated carbocycles. The fourth-order valence-corrected chi connectivity index (χ4v) is 2.41. The minimum Gasteiger partial charge on any atom is -0.504 e. The van der Waals surface area contributed by atoms with E-state index >= 15 is 0 Å². The third-order valence-electron chi connectivity index (χ3n) is 3.26. The molecule has 0 amide bonds. The van der Waals surface area contributed by atoms with E-state index in [1.54, 1.807) is 0 Å². The van der Waals surface area contributed by atoms with Crippen molar-refractivity contribution in [1.82, 2.24) is 0 Å². The summed E-state index contributed by atoms with van der Waals surface area (Å²) in [5, 5.41) is 37.7. The molecule has 0 atom stereocenters. The highest BCUT2D eigenvalue weighted by Gasteiger charge is 2.25. The highest BCUT2D eigenvalue weighted by molar-refractivity contribution is 6.16. The Morgan fingerprint density at radius 3 is 2.10 bits per heavy atom. The smallest absolute Gasteiger partial charge is 0.296 e. The molecule has 3 rings (SSSR count). The van der Waals surface area contributed by atoms with Crippen molar-refractivity contribution in [2.45, 2.75) is 6.92 Å². The molecule has 2 aromatic carbocycles. The molecule has 0 fully saturated rings. The topological polar surface area (TPSA) is 128 Å². The van der Waals surface area contributed by atoms with Gasteiger partial charge in [0.1, 0.15) is 10.8 Å². The van der Waals surface area contributed by atoms with Crippen molar-refractivity contribution < 1.29 is 24.8 Å². The van der Waals surface area contributed by atoms with Crippen LogP contribution in [0.3, 0.4) is 0 Å². The Labute approximate surface area is 109 Å². The maximum absolute atomic E-state index is 12.0. The zero-order valence-electron chi connectivity index (χ0n) is 10.1. The summed E-state index contributed by atoms with van der Waals surface area (Å²) in [6.07, 6.45) is 0. The van der Waals surface area contributed by atoms with Crippen LogP contribution in [0.15, 0.2) is 20.1 Å². The molecule has 0 radical (unpaired) electrons. The lowest BCUT2D eigenvalue weighted by Crippen LogP contribution is -2.10. The quantitative estimate of drug-likeness (QED) is 0.448. The third kappa shape index (κ3) is 1.23. The van der Waals surface area contributed by atoms with E-state index < -0.39 is 39.6 Å². The van der Waals surface area contributed by atoms with Crippen molar-refractivity contribution >= 4 is 21.5 Å². The van der Waals surface area contributed by atoms with Gasteiger partial charge in [0.2, 0.25) is 11.2 Å². The maximum atomic E-state index is 12.0. The van der Waals surface area contributed by atoms with Crippen LogP contribution < -0.4 is 10.9 Å². The van der Waals surface area contributed by atoms with Gasteiger partial charge in [-0.15, -0.1) is 0 Å². The predicted octanol–water partition coefficient (Wildman–Crippen LogP) is 0.875. The highest BCUT2D eigenvalue weighted by Crippen LogP contribution is 2.44. The van der Waals surface area contributed by atoms with Crippen molar-refractivity contribution in [1.29, 1.82) is 0 Å². The summed E-state index contributed by atoms with van der Waals surface area (Å²) in [6.45, 7) is 1.46. The van der Waals surface area contributed by atoms with E-state index in [4.69, 9.17) is 0 Å². The van der Waals surface area contributed by atoms with Gasteiger partial charge in [-0.1, -0.05) is 0 Å². The van der Waals surface area contributed by atoms with E-state index in [0.717, 1.165) is 6.07 Å².